The van der Waals surface area contributed by atoms with Crippen molar-refractivity contribution in [3.63, 3.8) is 0 Å². The molecule has 1 aromatic heterocycles. The Morgan fingerprint density at radius 2 is 2.31 bits per heavy atom. The van der Waals surface area contributed by atoms with E-state index in [1.165, 1.54) is 7.11 Å². The summed E-state index contributed by atoms with van der Waals surface area (Å²) in [6.07, 6.45) is -0.612. The van der Waals surface area contributed by atoms with Gasteiger partial charge in [0.2, 0.25) is 0 Å². The lowest BCUT2D eigenvalue weighted by Crippen LogP contribution is -2.41. The van der Waals surface area contributed by atoms with Crippen molar-refractivity contribution in [1.29, 1.82) is 0 Å². The average Bonchev–Trinajstić information content (AvgIpc) is 2.66. The number of nitrogens with two attached hydrogens (primary N) is 1. The van der Waals surface area contributed by atoms with E-state index in [9.17, 15) is 4.79 Å². The Bertz CT molecular complexity index is 345. The van der Waals surface area contributed by atoms with Gasteiger partial charge >= 0.3 is 0 Å². The van der Waals surface area contributed by atoms with Gasteiger partial charge in [0.1, 0.15) is 17.6 Å². The van der Waals surface area contributed by atoms with Crippen LogP contribution >= 0.6 is 0 Å². The topological polar surface area (TPSA) is 77.5 Å². The first-order chi connectivity index (χ1) is 7.58. The SMILES string of the molecule is COC(CN)C(=O)NC(C)c1ccc(C)o1. The van der Waals surface area contributed by atoms with Crippen LogP contribution in [0.15, 0.2) is 16.5 Å². The van der Waals surface area contributed by atoms with E-state index in [1.807, 2.05) is 26.0 Å². The van der Waals surface area contributed by atoms with Gasteiger partial charge in [-0.3, -0.25) is 4.79 Å². The molecule has 2 unspecified atom stereocenters. The van der Waals surface area contributed by atoms with Crippen molar-refractivity contribution < 1.29 is 13.9 Å². The monoisotopic (exact) mass is 226 g/mol. The zero-order chi connectivity index (χ0) is 12.1. The number of hydrogen-bond acceptors (Lipinski definition) is 4. The summed E-state index contributed by atoms with van der Waals surface area (Å²) < 4.78 is 10.3. The van der Waals surface area contributed by atoms with Crippen molar-refractivity contribution >= 4 is 5.91 Å². The van der Waals surface area contributed by atoms with Gasteiger partial charge in [0.25, 0.3) is 5.91 Å². The van der Waals surface area contributed by atoms with Gasteiger partial charge in [-0.25, -0.2) is 0 Å². The molecule has 0 spiro atoms. The van der Waals surface area contributed by atoms with Crippen molar-refractivity contribution in [2.45, 2.75) is 26.0 Å². The molecule has 5 nitrogen and oxygen atoms in total. The summed E-state index contributed by atoms with van der Waals surface area (Å²) in [4.78, 5) is 11.6. The molecule has 5 heteroatoms. The summed E-state index contributed by atoms with van der Waals surface area (Å²) in [7, 11) is 1.46. The summed E-state index contributed by atoms with van der Waals surface area (Å²) in [5, 5.41) is 2.77. The molecule has 3 N–H and O–H groups in total. The summed E-state index contributed by atoms with van der Waals surface area (Å²) in [6, 6.07) is 3.50. The zero-order valence-electron chi connectivity index (χ0n) is 9.82. The highest BCUT2D eigenvalue weighted by Crippen LogP contribution is 2.15. The van der Waals surface area contributed by atoms with E-state index in [0.29, 0.717) is 0 Å². The van der Waals surface area contributed by atoms with E-state index >= 15 is 0 Å². The van der Waals surface area contributed by atoms with E-state index in [1.54, 1.807) is 0 Å². The predicted octanol–water partition coefficient (Wildman–Crippen LogP) is 0.739. The molecule has 2 atom stereocenters. The van der Waals surface area contributed by atoms with Crippen LogP contribution in [-0.4, -0.2) is 25.7 Å². The van der Waals surface area contributed by atoms with Gasteiger partial charge < -0.3 is 20.2 Å². The van der Waals surface area contributed by atoms with Gasteiger partial charge in [0.15, 0.2) is 0 Å². The molecule has 0 aliphatic rings. The number of nitrogens with one attached hydrogen (secondary N) is 1. The highest BCUT2D eigenvalue weighted by atomic mass is 16.5. The minimum Gasteiger partial charge on any atom is -0.464 e. The quantitative estimate of drug-likeness (QED) is 0.776. The maximum atomic E-state index is 11.6. The number of rotatable bonds is 5. The van der Waals surface area contributed by atoms with Gasteiger partial charge in [0, 0.05) is 13.7 Å². The zero-order valence-corrected chi connectivity index (χ0v) is 9.82. The smallest absolute Gasteiger partial charge is 0.251 e. The Labute approximate surface area is 94.9 Å². The number of furan rings is 1. The highest BCUT2D eigenvalue weighted by Gasteiger charge is 2.19. The molecule has 0 radical (unpaired) electrons. The van der Waals surface area contributed by atoms with Crippen molar-refractivity contribution in [1.82, 2.24) is 5.32 Å². The lowest BCUT2D eigenvalue weighted by atomic mass is 10.2. The maximum absolute atomic E-state index is 11.6. The molecule has 16 heavy (non-hydrogen) atoms. The Kier molecular flexibility index (Phi) is 4.52. The predicted molar refractivity (Wildman–Crippen MR) is 59.9 cm³/mol. The molecule has 0 saturated carbocycles. The van der Waals surface area contributed by atoms with E-state index in [0.717, 1.165) is 11.5 Å². The van der Waals surface area contributed by atoms with Crippen LogP contribution in [0.2, 0.25) is 0 Å². The van der Waals surface area contributed by atoms with E-state index in [4.69, 9.17) is 14.9 Å². The second-order valence-electron chi connectivity index (χ2n) is 3.64. The van der Waals surface area contributed by atoms with Crippen molar-refractivity contribution in [3.05, 3.63) is 23.7 Å². The van der Waals surface area contributed by atoms with Crippen LogP contribution in [-0.2, 0) is 9.53 Å². The van der Waals surface area contributed by atoms with E-state index in [-0.39, 0.29) is 18.5 Å². The second kappa shape index (κ2) is 5.67. The van der Waals surface area contributed by atoms with Crippen LogP contribution in [0.5, 0.6) is 0 Å². The third-order valence-electron chi connectivity index (χ3n) is 2.34. The number of amides is 1. The normalized spacial score (nSPS) is 14.5. The number of carbonyl (C=O) groups excluding carboxylic acids is 1. The minimum atomic E-state index is -0.612. The fraction of sp³-hybridized carbons (Fsp3) is 0.545. The van der Waals surface area contributed by atoms with Gasteiger partial charge in [-0.2, -0.15) is 0 Å². The standard InChI is InChI=1S/C11H18N2O3/c1-7-4-5-9(16-7)8(2)13-11(14)10(6-12)15-3/h4-5,8,10H,6,12H2,1-3H3,(H,13,14). The van der Waals surface area contributed by atoms with Gasteiger partial charge in [-0.15, -0.1) is 0 Å². The molecular formula is C11H18N2O3. The Balaban J connectivity index is 2.57. The Morgan fingerprint density at radius 1 is 1.62 bits per heavy atom. The maximum Gasteiger partial charge on any atom is 0.251 e. The molecule has 0 aliphatic carbocycles. The average molecular weight is 226 g/mol. The molecule has 1 heterocycles. The molecule has 1 aromatic rings. The number of hydrogen-bond donors (Lipinski definition) is 2. The van der Waals surface area contributed by atoms with Crippen molar-refractivity contribution in [2.24, 2.45) is 5.73 Å². The number of ether oxygens (including phenoxy) is 1. The summed E-state index contributed by atoms with van der Waals surface area (Å²) >= 11 is 0. The van der Waals surface area contributed by atoms with Gasteiger partial charge in [-0.1, -0.05) is 0 Å². The van der Waals surface area contributed by atoms with Gasteiger partial charge in [0.05, 0.1) is 6.04 Å². The lowest BCUT2D eigenvalue weighted by Gasteiger charge is -2.16. The molecule has 0 aromatic carbocycles. The molecule has 0 bridgehead atoms. The van der Waals surface area contributed by atoms with Crippen LogP contribution in [0, 0.1) is 6.92 Å². The highest BCUT2D eigenvalue weighted by molar-refractivity contribution is 5.81. The molecule has 1 rings (SSSR count). The Morgan fingerprint density at radius 3 is 2.75 bits per heavy atom. The van der Waals surface area contributed by atoms with Crippen molar-refractivity contribution in [3.8, 4) is 0 Å². The van der Waals surface area contributed by atoms with E-state index in [2.05, 4.69) is 5.32 Å². The molecule has 0 fully saturated rings. The van der Waals surface area contributed by atoms with E-state index < -0.39 is 6.10 Å². The molecule has 0 saturated heterocycles. The molecule has 1 amide bonds. The first-order valence-electron chi connectivity index (χ1n) is 5.18. The van der Waals surface area contributed by atoms with Crippen LogP contribution < -0.4 is 11.1 Å². The Hall–Kier alpha value is -1.33. The molecule has 90 valence electrons. The van der Waals surface area contributed by atoms with Crippen LogP contribution in [0.1, 0.15) is 24.5 Å². The summed E-state index contributed by atoms with van der Waals surface area (Å²) in [5.41, 5.74) is 5.39. The minimum absolute atomic E-state index is 0.159. The first kappa shape index (κ1) is 12.7. The van der Waals surface area contributed by atoms with Gasteiger partial charge in [-0.05, 0) is 26.0 Å². The first-order valence-corrected chi connectivity index (χ1v) is 5.18. The fourth-order valence-electron chi connectivity index (χ4n) is 1.37. The molecular weight excluding hydrogens is 208 g/mol. The third-order valence-corrected chi connectivity index (χ3v) is 2.34. The van der Waals surface area contributed by atoms with Crippen LogP contribution in [0.25, 0.3) is 0 Å². The molecule has 0 aliphatic heterocycles. The summed E-state index contributed by atoms with van der Waals surface area (Å²) in [6.45, 7) is 3.86. The third kappa shape index (κ3) is 3.08. The summed E-state index contributed by atoms with van der Waals surface area (Å²) in [5.74, 6) is 1.31. The lowest BCUT2D eigenvalue weighted by molar-refractivity contribution is -0.131. The largest absolute Gasteiger partial charge is 0.464 e. The number of carbonyl (C=O) groups is 1. The fourth-order valence-corrected chi connectivity index (χ4v) is 1.37. The van der Waals surface area contributed by atoms with Crippen molar-refractivity contribution in [2.75, 3.05) is 13.7 Å². The number of methoxy groups -OCH3 is 1. The number of aryl methyl sites for hydroxylation is 1. The second-order valence-corrected chi connectivity index (χ2v) is 3.64. The van der Waals surface area contributed by atoms with Crippen LogP contribution in [0.3, 0.4) is 0 Å². The van der Waals surface area contributed by atoms with Crippen LogP contribution in [0.4, 0.5) is 0 Å².